The molecular weight excluding hydrogens is 238 g/mol. The fourth-order valence-corrected chi connectivity index (χ4v) is 3.42. The third-order valence-corrected chi connectivity index (χ3v) is 4.43. The Morgan fingerprint density at radius 2 is 2.00 bits per heavy atom. The molecule has 3 unspecified atom stereocenters. The second-order valence-electron chi connectivity index (χ2n) is 6.23. The molecule has 1 aromatic rings. The molecule has 3 heteroatoms. The SMILES string of the molecule is CC1COC(C)(C)N2C(=O)C(Cc3ccccc3)C12. The van der Waals surface area contributed by atoms with Gasteiger partial charge >= 0.3 is 0 Å². The predicted molar refractivity (Wildman–Crippen MR) is 73.5 cm³/mol. The van der Waals surface area contributed by atoms with Crippen LogP contribution in [0.4, 0.5) is 0 Å². The topological polar surface area (TPSA) is 29.5 Å². The molecule has 0 radical (unpaired) electrons. The molecule has 1 amide bonds. The molecule has 102 valence electrons. The number of rotatable bonds is 2. The molecule has 0 N–H and O–H groups in total. The molecule has 2 heterocycles. The van der Waals surface area contributed by atoms with E-state index in [-0.39, 0.29) is 11.8 Å². The van der Waals surface area contributed by atoms with Crippen LogP contribution in [0.2, 0.25) is 0 Å². The minimum Gasteiger partial charge on any atom is -0.356 e. The molecule has 0 aromatic heterocycles. The first-order valence-corrected chi connectivity index (χ1v) is 7.02. The van der Waals surface area contributed by atoms with Gasteiger partial charge in [0.2, 0.25) is 5.91 Å². The van der Waals surface area contributed by atoms with Gasteiger partial charge in [0.05, 0.1) is 18.6 Å². The van der Waals surface area contributed by atoms with E-state index in [1.807, 2.05) is 36.9 Å². The Morgan fingerprint density at radius 1 is 1.32 bits per heavy atom. The molecule has 0 aliphatic carbocycles. The zero-order chi connectivity index (χ0) is 13.6. The number of benzene rings is 1. The van der Waals surface area contributed by atoms with Crippen molar-refractivity contribution in [2.24, 2.45) is 11.8 Å². The van der Waals surface area contributed by atoms with E-state index in [0.717, 1.165) is 13.0 Å². The Kier molecular flexibility index (Phi) is 2.90. The summed E-state index contributed by atoms with van der Waals surface area (Å²) in [7, 11) is 0. The molecular formula is C16H21NO2. The summed E-state index contributed by atoms with van der Waals surface area (Å²) in [5.41, 5.74) is 0.804. The van der Waals surface area contributed by atoms with Crippen LogP contribution in [0, 0.1) is 11.8 Å². The van der Waals surface area contributed by atoms with Crippen LogP contribution in [0.5, 0.6) is 0 Å². The van der Waals surface area contributed by atoms with Gasteiger partial charge in [-0.2, -0.15) is 0 Å². The van der Waals surface area contributed by atoms with Gasteiger partial charge in [0.25, 0.3) is 0 Å². The van der Waals surface area contributed by atoms with E-state index in [0.29, 0.717) is 12.0 Å². The maximum absolute atomic E-state index is 12.4. The third-order valence-electron chi connectivity index (χ3n) is 4.43. The van der Waals surface area contributed by atoms with Crippen molar-refractivity contribution in [3.05, 3.63) is 35.9 Å². The van der Waals surface area contributed by atoms with Gasteiger partial charge < -0.3 is 9.64 Å². The maximum atomic E-state index is 12.4. The van der Waals surface area contributed by atoms with Crippen LogP contribution in [0.15, 0.2) is 30.3 Å². The van der Waals surface area contributed by atoms with E-state index >= 15 is 0 Å². The van der Waals surface area contributed by atoms with Crippen LogP contribution < -0.4 is 0 Å². The largest absolute Gasteiger partial charge is 0.356 e. The zero-order valence-corrected chi connectivity index (χ0v) is 11.8. The van der Waals surface area contributed by atoms with Gasteiger partial charge in [-0.1, -0.05) is 37.3 Å². The molecule has 2 aliphatic rings. The number of β-lactam (4-membered cyclic amide) rings is 1. The number of fused-ring (bicyclic) bond motifs is 1. The van der Waals surface area contributed by atoms with Crippen LogP contribution in [0.3, 0.4) is 0 Å². The monoisotopic (exact) mass is 259 g/mol. The second-order valence-corrected chi connectivity index (χ2v) is 6.23. The van der Waals surface area contributed by atoms with Gasteiger partial charge in [-0.05, 0) is 25.8 Å². The lowest BCUT2D eigenvalue weighted by Gasteiger charge is -2.60. The van der Waals surface area contributed by atoms with Gasteiger partial charge in [-0.15, -0.1) is 0 Å². The van der Waals surface area contributed by atoms with E-state index < -0.39 is 5.72 Å². The minimum absolute atomic E-state index is 0.126. The van der Waals surface area contributed by atoms with E-state index in [4.69, 9.17) is 4.74 Å². The number of hydrogen-bond acceptors (Lipinski definition) is 2. The van der Waals surface area contributed by atoms with Crippen molar-refractivity contribution >= 4 is 5.91 Å². The van der Waals surface area contributed by atoms with Gasteiger partial charge in [0.1, 0.15) is 5.72 Å². The lowest BCUT2D eigenvalue weighted by molar-refractivity contribution is -0.247. The molecule has 19 heavy (non-hydrogen) atoms. The van der Waals surface area contributed by atoms with Crippen LogP contribution in [-0.2, 0) is 16.0 Å². The van der Waals surface area contributed by atoms with Crippen LogP contribution in [-0.4, -0.2) is 29.2 Å². The highest BCUT2D eigenvalue weighted by Crippen LogP contribution is 2.43. The van der Waals surface area contributed by atoms with Crippen LogP contribution in [0.25, 0.3) is 0 Å². The molecule has 2 fully saturated rings. The molecule has 2 aliphatic heterocycles. The van der Waals surface area contributed by atoms with Gasteiger partial charge in [0, 0.05) is 5.92 Å². The summed E-state index contributed by atoms with van der Waals surface area (Å²) in [4.78, 5) is 14.3. The number of ether oxygens (including phenoxy) is 1. The van der Waals surface area contributed by atoms with E-state index in [1.54, 1.807) is 0 Å². The van der Waals surface area contributed by atoms with Crippen molar-refractivity contribution in [1.29, 1.82) is 0 Å². The lowest BCUT2D eigenvalue weighted by atomic mass is 9.74. The summed E-state index contributed by atoms with van der Waals surface area (Å²) in [5.74, 6) is 0.783. The first kappa shape index (κ1) is 12.7. The average molecular weight is 259 g/mol. The first-order chi connectivity index (χ1) is 9.00. The number of carbonyl (C=O) groups is 1. The Hall–Kier alpha value is -1.35. The standard InChI is InChI=1S/C16H21NO2/c1-11-10-19-16(2,3)17-14(11)13(15(17)18)9-12-7-5-4-6-8-12/h4-8,11,13-14H,9-10H2,1-3H3. The normalized spacial score (nSPS) is 32.7. The van der Waals surface area contributed by atoms with Gasteiger partial charge in [-0.3, -0.25) is 4.79 Å². The molecule has 0 saturated carbocycles. The van der Waals surface area contributed by atoms with E-state index in [1.165, 1.54) is 5.56 Å². The van der Waals surface area contributed by atoms with E-state index in [2.05, 4.69) is 19.1 Å². The first-order valence-electron chi connectivity index (χ1n) is 7.02. The average Bonchev–Trinajstić information content (AvgIpc) is 2.39. The highest BCUT2D eigenvalue weighted by Gasteiger charge is 2.57. The Balaban J connectivity index is 1.80. The van der Waals surface area contributed by atoms with Crippen molar-refractivity contribution in [2.75, 3.05) is 6.61 Å². The summed E-state index contributed by atoms with van der Waals surface area (Å²) >= 11 is 0. The Morgan fingerprint density at radius 3 is 2.68 bits per heavy atom. The summed E-state index contributed by atoms with van der Waals surface area (Å²) in [6.45, 7) is 6.90. The smallest absolute Gasteiger partial charge is 0.230 e. The van der Waals surface area contributed by atoms with E-state index in [9.17, 15) is 4.79 Å². The molecule has 3 nitrogen and oxygen atoms in total. The predicted octanol–water partition coefficient (Wildman–Crippen LogP) is 2.46. The van der Waals surface area contributed by atoms with Gasteiger partial charge in [0.15, 0.2) is 0 Å². The molecule has 2 saturated heterocycles. The number of nitrogens with zero attached hydrogens (tertiary/aromatic N) is 1. The highest BCUT2D eigenvalue weighted by atomic mass is 16.5. The lowest BCUT2D eigenvalue weighted by Crippen LogP contribution is -2.74. The molecule has 0 bridgehead atoms. The van der Waals surface area contributed by atoms with Crippen LogP contribution in [0.1, 0.15) is 26.3 Å². The number of amides is 1. The van der Waals surface area contributed by atoms with Crippen molar-refractivity contribution in [2.45, 2.75) is 39.0 Å². The maximum Gasteiger partial charge on any atom is 0.230 e. The Bertz CT molecular complexity index is 483. The quantitative estimate of drug-likeness (QED) is 0.764. The highest BCUT2D eigenvalue weighted by molar-refractivity contribution is 5.87. The van der Waals surface area contributed by atoms with Crippen molar-refractivity contribution in [1.82, 2.24) is 4.90 Å². The summed E-state index contributed by atoms with van der Waals surface area (Å²) in [6, 6.07) is 10.6. The van der Waals surface area contributed by atoms with Crippen molar-refractivity contribution < 1.29 is 9.53 Å². The molecule has 1 aromatic carbocycles. The van der Waals surface area contributed by atoms with Crippen molar-refractivity contribution in [3.8, 4) is 0 Å². The molecule has 0 spiro atoms. The molecule has 3 atom stereocenters. The second kappa shape index (κ2) is 4.34. The fraction of sp³-hybridized carbons (Fsp3) is 0.562. The van der Waals surface area contributed by atoms with Crippen LogP contribution >= 0.6 is 0 Å². The van der Waals surface area contributed by atoms with Crippen molar-refractivity contribution in [3.63, 3.8) is 0 Å². The van der Waals surface area contributed by atoms with Gasteiger partial charge in [-0.25, -0.2) is 0 Å². The summed E-state index contributed by atoms with van der Waals surface area (Å²) in [5, 5.41) is 0. The summed E-state index contributed by atoms with van der Waals surface area (Å²) in [6.07, 6.45) is 0.848. The molecule has 3 rings (SSSR count). The fourth-order valence-electron chi connectivity index (χ4n) is 3.42. The Labute approximate surface area is 114 Å². The zero-order valence-electron chi connectivity index (χ0n) is 11.8. The number of hydrogen-bond donors (Lipinski definition) is 0. The third kappa shape index (κ3) is 1.96. The number of carbonyl (C=O) groups excluding carboxylic acids is 1. The summed E-state index contributed by atoms with van der Waals surface area (Å²) < 4.78 is 5.79. The minimum atomic E-state index is -0.443.